The standard InChI is InChI=1S/C66H43NO/c1-2-16-44(17-3-1)45-32-37-49(38-33-45)67(50-39-34-46(35-40-50)47-36-41-65-63(43-47)60-27-12-13-31-64(60)68-65)51-19-14-18-48(42-51)52-29-15-30-62-59-25-9-8-24-57(59)55-21-5-4-20-53(55)54-22-6-7-23-56(54)58-26-10-11-28-61(58)66(52)62/h1-43H. The highest BCUT2D eigenvalue weighted by atomic mass is 16.3. The van der Waals surface area contributed by atoms with Crippen LogP contribution in [0.4, 0.5) is 17.1 Å². The molecule has 0 fully saturated rings. The molecule has 0 saturated heterocycles. The van der Waals surface area contributed by atoms with Gasteiger partial charge in [0.2, 0.25) is 0 Å². The summed E-state index contributed by atoms with van der Waals surface area (Å²) in [5.41, 5.74) is 12.0. The van der Waals surface area contributed by atoms with Crippen LogP contribution >= 0.6 is 0 Å². The van der Waals surface area contributed by atoms with Gasteiger partial charge in [0.05, 0.1) is 0 Å². The van der Waals surface area contributed by atoms with Crippen molar-refractivity contribution in [3.05, 3.63) is 261 Å². The number of para-hydroxylation sites is 1. The maximum atomic E-state index is 6.18. The Hall–Kier alpha value is -8.98. The molecular formula is C66H43NO. The molecule has 0 radical (unpaired) electrons. The third kappa shape index (κ3) is 6.73. The van der Waals surface area contributed by atoms with Crippen LogP contribution in [0.15, 0.2) is 265 Å². The van der Waals surface area contributed by atoms with Crippen molar-refractivity contribution in [3.8, 4) is 33.4 Å². The number of anilines is 3. The zero-order valence-electron chi connectivity index (χ0n) is 37.2. The van der Waals surface area contributed by atoms with Crippen molar-refractivity contribution in [2.75, 3.05) is 4.90 Å². The van der Waals surface area contributed by atoms with Crippen LogP contribution in [0, 0.1) is 0 Å². The van der Waals surface area contributed by atoms with Gasteiger partial charge in [0.25, 0.3) is 0 Å². The van der Waals surface area contributed by atoms with Gasteiger partial charge in [-0.25, -0.2) is 0 Å². The highest BCUT2D eigenvalue weighted by molar-refractivity contribution is 6.28. The Balaban J connectivity index is 1.02. The predicted molar refractivity (Wildman–Crippen MR) is 290 cm³/mol. The molecule has 0 spiro atoms. The fraction of sp³-hybridized carbons (Fsp3) is 0. The third-order valence-electron chi connectivity index (χ3n) is 13.7. The summed E-state index contributed by atoms with van der Waals surface area (Å²) in [6, 6.07) is 94.9. The van der Waals surface area contributed by atoms with Crippen molar-refractivity contribution in [1.82, 2.24) is 0 Å². The summed E-state index contributed by atoms with van der Waals surface area (Å²) in [6.45, 7) is 0. The Labute approximate surface area is 394 Å². The number of nitrogens with zero attached hydrogens (tertiary/aromatic N) is 1. The first-order chi connectivity index (χ1) is 33.7. The highest BCUT2D eigenvalue weighted by Crippen LogP contribution is 2.43. The van der Waals surface area contributed by atoms with Crippen LogP contribution in [-0.2, 0) is 0 Å². The SMILES string of the molecule is c1ccc(-c2ccc(N(c3ccc(-c4ccc5oc6ccccc6c5c4)cc3)c3cccc(-c4cccc5c6ccccc6c6ccccc6c6ccccc6c6ccccc6c45)c3)cc2)cc1. The molecule has 12 aromatic carbocycles. The number of furan rings is 1. The predicted octanol–water partition coefficient (Wildman–Crippen LogP) is 18.9. The normalized spacial score (nSPS) is 11.5. The highest BCUT2D eigenvalue weighted by Gasteiger charge is 2.17. The Morgan fingerprint density at radius 1 is 0.221 bits per heavy atom. The molecule has 0 aliphatic rings. The summed E-state index contributed by atoms with van der Waals surface area (Å²) in [6.07, 6.45) is 0. The zero-order chi connectivity index (χ0) is 45.0. The van der Waals surface area contributed by atoms with E-state index in [-0.39, 0.29) is 0 Å². The molecular weight excluding hydrogens is 823 g/mol. The summed E-state index contributed by atoms with van der Waals surface area (Å²) >= 11 is 0. The molecule has 0 amide bonds. The van der Waals surface area contributed by atoms with Gasteiger partial charge in [-0.3, -0.25) is 0 Å². The molecule has 68 heavy (non-hydrogen) atoms. The topological polar surface area (TPSA) is 16.4 Å². The lowest BCUT2D eigenvalue weighted by atomic mass is 9.90. The molecule has 0 atom stereocenters. The lowest BCUT2D eigenvalue weighted by Gasteiger charge is -2.26. The molecule has 0 unspecified atom stereocenters. The monoisotopic (exact) mass is 865 g/mol. The first kappa shape index (κ1) is 39.4. The molecule has 0 bridgehead atoms. The molecule has 13 rings (SSSR count). The minimum Gasteiger partial charge on any atom is -0.456 e. The summed E-state index contributed by atoms with van der Waals surface area (Å²) < 4.78 is 6.18. The summed E-state index contributed by atoms with van der Waals surface area (Å²) in [7, 11) is 0. The summed E-state index contributed by atoms with van der Waals surface area (Å²) in [5.74, 6) is 0. The zero-order valence-corrected chi connectivity index (χ0v) is 37.2. The van der Waals surface area contributed by atoms with E-state index in [1.807, 2.05) is 12.1 Å². The minimum absolute atomic E-state index is 0.899. The molecule has 2 heteroatoms. The number of rotatable bonds is 6. The number of hydrogen-bond acceptors (Lipinski definition) is 2. The second kappa shape index (κ2) is 16.5. The van der Waals surface area contributed by atoms with E-state index in [0.717, 1.165) is 55.7 Å². The molecule has 0 N–H and O–H groups in total. The molecule has 13 aromatic rings. The van der Waals surface area contributed by atoms with Crippen molar-refractivity contribution in [2.45, 2.75) is 0 Å². The van der Waals surface area contributed by atoms with Crippen LogP contribution in [0.5, 0.6) is 0 Å². The maximum absolute atomic E-state index is 6.18. The van der Waals surface area contributed by atoms with Gasteiger partial charge in [0.1, 0.15) is 11.2 Å². The molecule has 1 aromatic heterocycles. The van der Waals surface area contributed by atoms with Crippen molar-refractivity contribution in [1.29, 1.82) is 0 Å². The van der Waals surface area contributed by atoms with E-state index in [4.69, 9.17) is 4.42 Å². The van der Waals surface area contributed by atoms with E-state index in [1.54, 1.807) is 0 Å². The van der Waals surface area contributed by atoms with Crippen LogP contribution in [0.2, 0.25) is 0 Å². The molecule has 1 heterocycles. The molecule has 2 nitrogen and oxygen atoms in total. The van der Waals surface area contributed by atoms with E-state index < -0.39 is 0 Å². The van der Waals surface area contributed by atoms with Gasteiger partial charge in [-0.15, -0.1) is 0 Å². The Bertz CT molecular complexity index is 4040. The lowest BCUT2D eigenvalue weighted by molar-refractivity contribution is 0.669. The second-order valence-electron chi connectivity index (χ2n) is 17.6. The van der Waals surface area contributed by atoms with Gasteiger partial charge in [0.15, 0.2) is 0 Å². The second-order valence-corrected chi connectivity index (χ2v) is 17.6. The molecule has 0 saturated carbocycles. The van der Waals surface area contributed by atoms with Gasteiger partial charge in [0, 0.05) is 27.8 Å². The molecule has 0 aliphatic heterocycles. The quantitative estimate of drug-likeness (QED) is 0.166. The van der Waals surface area contributed by atoms with E-state index in [1.165, 1.54) is 70.6 Å². The number of hydrogen-bond donors (Lipinski definition) is 0. The molecule has 318 valence electrons. The van der Waals surface area contributed by atoms with Crippen LogP contribution < -0.4 is 4.90 Å². The Morgan fingerprint density at radius 2 is 0.618 bits per heavy atom. The Kier molecular flexibility index (Phi) is 9.54. The summed E-state index contributed by atoms with van der Waals surface area (Å²) in [4.78, 5) is 2.38. The Morgan fingerprint density at radius 3 is 1.19 bits per heavy atom. The number of fused-ring (bicyclic) bond motifs is 13. The first-order valence-electron chi connectivity index (χ1n) is 23.3. The van der Waals surface area contributed by atoms with Crippen molar-refractivity contribution >= 4 is 92.9 Å². The van der Waals surface area contributed by atoms with Crippen molar-refractivity contribution < 1.29 is 4.42 Å². The third-order valence-corrected chi connectivity index (χ3v) is 13.7. The fourth-order valence-electron chi connectivity index (χ4n) is 10.5. The van der Waals surface area contributed by atoms with Crippen molar-refractivity contribution in [2.24, 2.45) is 0 Å². The van der Waals surface area contributed by atoms with Gasteiger partial charge < -0.3 is 9.32 Å². The maximum Gasteiger partial charge on any atom is 0.135 e. The molecule has 0 aliphatic carbocycles. The minimum atomic E-state index is 0.899. The van der Waals surface area contributed by atoms with Gasteiger partial charge in [-0.05, 0) is 142 Å². The van der Waals surface area contributed by atoms with Crippen LogP contribution in [-0.4, -0.2) is 0 Å². The van der Waals surface area contributed by atoms with Crippen LogP contribution in [0.25, 0.3) is 109 Å². The van der Waals surface area contributed by atoms with Crippen molar-refractivity contribution in [3.63, 3.8) is 0 Å². The average Bonchev–Trinajstić information content (AvgIpc) is 3.79. The lowest BCUT2D eigenvalue weighted by Crippen LogP contribution is -2.10. The van der Waals surface area contributed by atoms with E-state index in [0.29, 0.717) is 0 Å². The smallest absolute Gasteiger partial charge is 0.135 e. The van der Waals surface area contributed by atoms with E-state index in [2.05, 4.69) is 254 Å². The summed E-state index contributed by atoms with van der Waals surface area (Å²) in [5, 5.41) is 14.4. The van der Waals surface area contributed by atoms with E-state index in [9.17, 15) is 0 Å². The van der Waals surface area contributed by atoms with Crippen LogP contribution in [0.3, 0.4) is 0 Å². The largest absolute Gasteiger partial charge is 0.456 e. The van der Waals surface area contributed by atoms with Gasteiger partial charge >= 0.3 is 0 Å². The van der Waals surface area contributed by atoms with E-state index >= 15 is 0 Å². The van der Waals surface area contributed by atoms with Gasteiger partial charge in [-0.2, -0.15) is 0 Å². The van der Waals surface area contributed by atoms with Gasteiger partial charge in [-0.1, -0.05) is 206 Å². The first-order valence-corrected chi connectivity index (χ1v) is 23.3. The van der Waals surface area contributed by atoms with Crippen LogP contribution in [0.1, 0.15) is 0 Å². The number of benzene rings is 11. The fourth-order valence-corrected chi connectivity index (χ4v) is 10.5. The average molecular weight is 866 g/mol.